The van der Waals surface area contributed by atoms with Gasteiger partial charge in [0.2, 0.25) is 0 Å². The van der Waals surface area contributed by atoms with E-state index < -0.39 is 0 Å². The topological polar surface area (TPSA) is 58.3 Å². The molecule has 0 atom stereocenters. The summed E-state index contributed by atoms with van der Waals surface area (Å²) in [6, 6.07) is 0. The van der Waals surface area contributed by atoms with Crippen molar-refractivity contribution in [1.82, 2.24) is 9.94 Å². The summed E-state index contributed by atoms with van der Waals surface area (Å²) in [7, 11) is 0. The minimum absolute atomic E-state index is 0.0735. The molecule has 1 heterocycles. The number of aliphatic hydroxyl groups is 1. The van der Waals surface area contributed by atoms with Gasteiger partial charge in [0, 0.05) is 5.56 Å². The van der Waals surface area contributed by atoms with Gasteiger partial charge < -0.3 is 10.3 Å². The standard InChI is InChI=1S/C8H12N2O2/c11-5-7-6-3-1-2-4-8(6)10(12)9-7/h11-12H,1-5H2. The van der Waals surface area contributed by atoms with Gasteiger partial charge in [-0.05, 0) is 25.7 Å². The van der Waals surface area contributed by atoms with Crippen LogP contribution in [-0.2, 0) is 19.4 Å². The highest BCUT2D eigenvalue weighted by molar-refractivity contribution is 5.27. The fourth-order valence-corrected chi connectivity index (χ4v) is 1.78. The number of fused-ring (bicyclic) bond motifs is 1. The first-order valence-electron chi connectivity index (χ1n) is 4.22. The van der Waals surface area contributed by atoms with E-state index in [2.05, 4.69) is 5.10 Å². The molecule has 0 fully saturated rings. The molecular weight excluding hydrogens is 156 g/mol. The maximum Gasteiger partial charge on any atom is 0.0949 e. The number of nitrogens with zero attached hydrogens (tertiary/aromatic N) is 2. The largest absolute Gasteiger partial charge is 0.411 e. The maximum absolute atomic E-state index is 9.30. The van der Waals surface area contributed by atoms with Gasteiger partial charge in [0.1, 0.15) is 0 Å². The summed E-state index contributed by atoms with van der Waals surface area (Å²) in [5, 5.41) is 22.1. The van der Waals surface area contributed by atoms with Gasteiger partial charge in [-0.1, -0.05) is 0 Å². The Morgan fingerprint density at radius 2 is 2.08 bits per heavy atom. The van der Waals surface area contributed by atoms with Crippen LogP contribution >= 0.6 is 0 Å². The molecule has 0 saturated carbocycles. The van der Waals surface area contributed by atoms with Crippen LogP contribution < -0.4 is 0 Å². The first-order chi connectivity index (χ1) is 5.83. The molecule has 1 aliphatic carbocycles. The summed E-state index contributed by atoms with van der Waals surface area (Å²) < 4.78 is 0. The first-order valence-corrected chi connectivity index (χ1v) is 4.22. The van der Waals surface area contributed by atoms with E-state index in [0.717, 1.165) is 41.8 Å². The lowest BCUT2D eigenvalue weighted by Gasteiger charge is -2.10. The third-order valence-corrected chi connectivity index (χ3v) is 2.39. The van der Waals surface area contributed by atoms with E-state index in [0.29, 0.717) is 5.69 Å². The number of aromatic nitrogens is 2. The average Bonchev–Trinajstić information content (AvgIpc) is 2.44. The van der Waals surface area contributed by atoms with Crippen LogP contribution in [0.2, 0.25) is 0 Å². The molecule has 12 heavy (non-hydrogen) atoms. The van der Waals surface area contributed by atoms with Crippen molar-refractivity contribution in [2.75, 3.05) is 0 Å². The van der Waals surface area contributed by atoms with Crippen LogP contribution in [0.15, 0.2) is 0 Å². The van der Waals surface area contributed by atoms with Crippen LogP contribution in [0.5, 0.6) is 0 Å². The van der Waals surface area contributed by atoms with Crippen LogP contribution in [0.4, 0.5) is 0 Å². The predicted octanol–water partition coefficient (Wildman–Crippen LogP) is 0.492. The summed E-state index contributed by atoms with van der Waals surface area (Å²) in [6.07, 6.45) is 4.04. The zero-order valence-corrected chi connectivity index (χ0v) is 6.82. The Hall–Kier alpha value is -1.03. The lowest BCUT2D eigenvalue weighted by atomic mass is 9.96. The third kappa shape index (κ3) is 0.992. The van der Waals surface area contributed by atoms with Crippen LogP contribution in [0.1, 0.15) is 29.8 Å². The Kier molecular flexibility index (Phi) is 1.77. The van der Waals surface area contributed by atoms with Crippen LogP contribution in [0.3, 0.4) is 0 Å². The van der Waals surface area contributed by atoms with E-state index in [4.69, 9.17) is 5.11 Å². The van der Waals surface area contributed by atoms with Crippen molar-refractivity contribution < 1.29 is 10.3 Å². The highest BCUT2D eigenvalue weighted by Gasteiger charge is 2.19. The van der Waals surface area contributed by atoms with Gasteiger partial charge >= 0.3 is 0 Å². The van der Waals surface area contributed by atoms with Gasteiger partial charge in [-0.3, -0.25) is 0 Å². The Morgan fingerprint density at radius 1 is 1.33 bits per heavy atom. The molecule has 0 bridgehead atoms. The van der Waals surface area contributed by atoms with Crippen molar-refractivity contribution in [3.05, 3.63) is 17.0 Å². The number of rotatable bonds is 1. The van der Waals surface area contributed by atoms with Crippen molar-refractivity contribution >= 4 is 0 Å². The average molecular weight is 168 g/mol. The Bertz CT molecular complexity index is 293. The molecule has 2 N–H and O–H groups in total. The minimum atomic E-state index is -0.0735. The molecule has 0 amide bonds. The zero-order valence-electron chi connectivity index (χ0n) is 6.82. The molecule has 0 aromatic carbocycles. The van der Waals surface area contributed by atoms with E-state index in [1.54, 1.807) is 0 Å². The fourth-order valence-electron chi connectivity index (χ4n) is 1.78. The van der Waals surface area contributed by atoms with Crippen LogP contribution in [-0.4, -0.2) is 20.3 Å². The number of aliphatic hydroxyl groups excluding tert-OH is 1. The molecule has 1 aromatic rings. The molecule has 1 aromatic heterocycles. The molecule has 66 valence electrons. The molecule has 0 aliphatic heterocycles. The van der Waals surface area contributed by atoms with Crippen molar-refractivity contribution in [2.45, 2.75) is 32.3 Å². The van der Waals surface area contributed by atoms with Crippen LogP contribution in [0.25, 0.3) is 0 Å². The van der Waals surface area contributed by atoms with Crippen molar-refractivity contribution in [2.24, 2.45) is 0 Å². The Balaban J connectivity index is 2.47. The summed E-state index contributed by atoms with van der Waals surface area (Å²) in [4.78, 5) is 0.917. The molecule has 2 rings (SSSR count). The molecular formula is C8H12N2O2. The lowest BCUT2D eigenvalue weighted by Crippen LogP contribution is -2.06. The Labute approximate surface area is 70.4 Å². The highest BCUT2D eigenvalue weighted by atomic mass is 16.5. The van der Waals surface area contributed by atoms with E-state index in [1.165, 1.54) is 0 Å². The minimum Gasteiger partial charge on any atom is -0.411 e. The Morgan fingerprint density at radius 3 is 2.83 bits per heavy atom. The molecule has 4 heteroatoms. The first kappa shape index (κ1) is 7.61. The zero-order chi connectivity index (χ0) is 8.55. The second kappa shape index (κ2) is 2.79. The van der Waals surface area contributed by atoms with Crippen molar-refractivity contribution in [3.8, 4) is 0 Å². The van der Waals surface area contributed by atoms with Gasteiger partial charge in [-0.15, -0.1) is 9.94 Å². The summed E-state index contributed by atoms with van der Waals surface area (Å²) in [5.74, 6) is 0. The fraction of sp³-hybridized carbons (Fsp3) is 0.625. The van der Waals surface area contributed by atoms with E-state index in [9.17, 15) is 5.21 Å². The molecule has 0 unspecified atom stereocenters. The quantitative estimate of drug-likeness (QED) is 0.600. The smallest absolute Gasteiger partial charge is 0.0949 e. The second-order valence-electron chi connectivity index (χ2n) is 3.13. The maximum atomic E-state index is 9.30. The van der Waals surface area contributed by atoms with Crippen molar-refractivity contribution in [1.29, 1.82) is 0 Å². The van der Waals surface area contributed by atoms with Gasteiger partial charge in [0.05, 0.1) is 18.0 Å². The normalized spacial score (nSPS) is 16.1. The molecule has 4 nitrogen and oxygen atoms in total. The van der Waals surface area contributed by atoms with E-state index in [1.807, 2.05) is 0 Å². The molecule has 0 spiro atoms. The summed E-state index contributed by atoms with van der Waals surface area (Å²) >= 11 is 0. The number of hydrogen-bond acceptors (Lipinski definition) is 3. The monoisotopic (exact) mass is 168 g/mol. The molecule has 0 radical (unpaired) electrons. The van der Waals surface area contributed by atoms with Crippen molar-refractivity contribution in [3.63, 3.8) is 0 Å². The summed E-state index contributed by atoms with van der Waals surface area (Å²) in [6.45, 7) is -0.0735. The van der Waals surface area contributed by atoms with Crippen LogP contribution in [0, 0.1) is 0 Å². The van der Waals surface area contributed by atoms with Gasteiger partial charge in [0.25, 0.3) is 0 Å². The number of hydrogen-bond donors (Lipinski definition) is 2. The third-order valence-electron chi connectivity index (χ3n) is 2.39. The second-order valence-corrected chi connectivity index (χ2v) is 3.13. The summed E-state index contributed by atoms with van der Waals surface area (Å²) in [5.41, 5.74) is 2.56. The molecule has 1 aliphatic rings. The predicted molar refractivity (Wildman–Crippen MR) is 42.0 cm³/mol. The van der Waals surface area contributed by atoms with E-state index in [-0.39, 0.29) is 6.61 Å². The van der Waals surface area contributed by atoms with Gasteiger partial charge in [-0.2, -0.15) is 0 Å². The van der Waals surface area contributed by atoms with Gasteiger partial charge in [0.15, 0.2) is 0 Å². The molecule has 0 saturated heterocycles. The highest BCUT2D eigenvalue weighted by Crippen LogP contribution is 2.23. The van der Waals surface area contributed by atoms with E-state index >= 15 is 0 Å². The SMILES string of the molecule is OCc1nn(O)c2c1CCCC2. The van der Waals surface area contributed by atoms with Gasteiger partial charge in [-0.25, -0.2) is 0 Å². The lowest BCUT2D eigenvalue weighted by molar-refractivity contribution is 0.135.